The summed E-state index contributed by atoms with van der Waals surface area (Å²) in [6.45, 7) is 9.63. The zero-order valence-corrected chi connectivity index (χ0v) is 16.3. The van der Waals surface area contributed by atoms with E-state index in [1.54, 1.807) is 0 Å². The third-order valence-corrected chi connectivity index (χ3v) is 5.12. The highest BCUT2D eigenvalue weighted by atomic mass is 15.4. The zero-order chi connectivity index (χ0) is 19.0. The Morgan fingerprint density at radius 3 is 1.85 bits per heavy atom. The molecule has 0 bridgehead atoms. The fourth-order valence-corrected chi connectivity index (χ4v) is 3.41. The number of aryl methyl sites for hydroxylation is 4. The zero-order valence-electron chi connectivity index (χ0n) is 16.3. The second kappa shape index (κ2) is 6.91. The second-order valence-corrected chi connectivity index (χ2v) is 7.19. The highest BCUT2D eigenvalue weighted by Crippen LogP contribution is 2.28. The molecule has 0 N–H and O–H groups in total. The Bertz CT molecular complexity index is 997. The third kappa shape index (κ3) is 3.45. The van der Waals surface area contributed by atoms with Crippen LogP contribution in [0.4, 0.5) is 5.69 Å². The summed E-state index contributed by atoms with van der Waals surface area (Å²) < 4.78 is 4.02. The van der Waals surface area contributed by atoms with Gasteiger partial charge in [-0.25, -0.2) is 0 Å². The third-order valence-electron chi connectivity index (χ3n) is 5.12. The summed E-state index contributed by atoms with van der Waals surface area (Å²) in [5.74, 6) is 0. The van der Waals surface area contributed by atoms with E-state index in [9.17, 15) is 0 Å². The van der Waals surface area contributed by atoms with E-state index >= 15 is 0 Å². The van der Waals surface area contributed by atoms with Crippen molar-refractivity contribution in [2.24, 2.45) is 0 Å². The minimum Gasteiger partial charge on any atom is -0.332 e. The highest BCUT2D eigenvalue weighted by molar-refractivity contribution is 5.94. The van der Waals surface area contributed by atoms with E-state index in [1.165, 1.54) is 27.6 Å². The van der Waals surface area contributed by atoms with Gasteiger partial charge < -0.3 is 4.90 Å². The van der Waals surface area contributed by atoms with E-state index in [0.29, 0.717) is 13.3 Å². The van der Waals surface area contributed by atoms with Gasteiger partial charge in [-0.15, -0.1) is 0 Å². The summed E-state index contributed by atoms with van der Waals surface area (Å²) in [4.78, 5) is 2.32. The van der Waals surface area contributed by atoms with Crippen LogP contribution in [0.5, 0.6) is 0 Å². The van der Waals surface area contributed by atoms with Crippen molar-refractivity contribution in [3.05, 3.63) is 77.4 Å². The van der Waals surface area contributed by atoms with Gasteiger partial charge in [-0.05, 0) is 50.3 Å². The largest absolute Gasteiger partial charge is 0.332 e. The first-order valence-electron chi connectivity index (χ1n) is 9.25. The van der Waals surface area contributed by atoms with Gasteiger partial charge in [-0.3, -0.25) is 9.36 Å². The molecule has 0 aliphatic rings. The summed E-state index contributed by atoms with van der Waals surface area (Å²) in [7, 11) is 0. The molecule has 0 aliphatic carbocycles. The molecule has 5 nitrogen and oxygen atoms in total. The number of aromatic nitrogens is 4. The van der Waals surface area contributed by atoms with Gasteiger partial charge in [0.1, 0.15) is 13.3 Å². The number of benzene rings is 2. The molecule has 0 saturated heterocycles. The Kier molecular flexibility index (Phi) is 4.44. The smallest absolute Gasteiger partial charge is 0.113 e. The first-order valence-corrected chi connectivity index (χ1v) is 9.25. The molecule has 4 rings (SSSR count). The molecule has 0 radical (unpaired) electrons. The lowest BCUT2D eigenvalue weighted by Gasteiger charge is -2.26. The average molecular weight is 359 g/mol. The molecule has 2 aromatic carbocycles. The van der Waals surface area contributed by atoms with Crippen LogP contribution in [0.25, 0.3) is 10.8 Å². The molecule has 0 fully saturated rings. The average Bonchev–Trinajstić information content (AvgIpc) is 3.14. The first kappa shape index (κ1) is 17.3. The lowest BCUT2D eigenvalue weighted by Crippen LogP contribution is -2.29. The molecule has 0 saturated carbocycles. The maximum Gasteiger partial charge on any atom is 0.113 e. The van der Waals surface area contributed by atoms with Crippen LogP contribution in [0.2, 0.25) is 0 Å². The predicted molar refractivity (Wildman–Crippen MR) is 110 cm³/mol. The molecule has 0 spiro atoms. The van der Waals surface area contributed by atoms with E-state index in [0.717, 1.165) is 11.4 Å². The van der Waals surface area contributed by atoms with E-state index in [-0.39, 0.29) is 0 Å². The lowest BCUT2D eigenvalue weighted by molar-refractivity contribution is 0.497. The highest BCUT2D eigenvalue weighted by Gasteiger charge is 2.14. The van der Waals surface area contributed by atoms with Crippen LogP contribution in [0.1, 0.15) is 22.5 Å². The van der Waals surface area contributed by atoms with Crippen LogP contribution >= 0.6 is 0 Å². The molecule has 4 aromatic rings. The van der Waals surface area contributed by atoms with Crippen LogP contribution < -0.4 is 4.90 Å². The van der Waals surface area contributed by atoms with Gasteiger partial charge in [0.2, 0.25) is 0 Å². The van der Waals surface area contributed by atoms with E-state index in [2.05, 4.69) is 83.8 Å². The van der Waals surface area contributed by atoms with Crippen molar-refractivity contribution in [3.8, 4) is 0 Å². The summed E-state index contributed by atoms with van der Waals surface area (Å²) in [6.07, 6.45) is 4.21. The second-order valence-electron chi connectivity index (χ2n) is 7.19. The molecule has 2 heterocycles. The maximum atomic E-state index is 4.67. The van der Waals surface area contributed by atoms with Gasteiger partial charge in [-0.2, -0.15) is 10.2 Å². The number of nitrogens with zero attached hydrogens (tertiary/aromatic N) is 5. The quantitative estimate of drug-likeness (QED) is 0.523. The first-order chi connectivity index (χ1) is 13.0. The van der Waals surface area contributed by atoms with E-state index in [4.69, 9.17) is 0 Å². The van der Waals surface area contributed by atoms with Crippen molar-refractivity contribution in [2.45, 2.75) is 41.0 Å². The lowest BCUT2D eigenvalue weighted by atomic mass is 10.1. The minimum atomic E-state index is 0.667. The monoisotopic (exact) mass is 359 g/mol. The van der Waals surface area contributed by atoms with Crippen molar-refractivity contribution in [3.63, 3.8) is 0 Å². The van der Waals surface area contributed by atoms with E-state index < -0.39 is 0 Å². The van der Waals surface area contributed by atoms with Crippen LogP contribution in [-0.2, 0) is 13.3 Å². The fourth-order valence-electron chi connectivity index (χ4n) is 3.41. The Balaban J connectivity index is 1.76. The molecule has 138 valence electrons. The fraction of sp³-hybridized carbons (Fsp3) is 0.273. The molecular formula is C22H25N5. The molecule has 0 atom stereocenters. The number of hydrogen-bond acceptors (Lipinski definition) is 3. The Hall–Kier alpha value is -3.08. The number of rotatable bonds is 5. The molecule has 5 heteroatoms. The Morgan fingerprint density at radius 1 is 0.741 bits per heavy atom. The van der Waals surface area contributed by atoms with Gasteiger partial charge in [0.25, 0.3) is 0 Å². The Labute approximate surface area is 159 Å². The Morgan fingerprint density at radius 2 is 1.30 bits per heavy atom. The molecule has 0 amide bonds. The van der Waals surface area contributed by atoms with E-state index in [1.807, 2.05) is 23.2 Å². The van der Waals surface area contributed by atoms with Gasteiger partial charge >= 0.3 is 0 Å². The van der Waals surface area contributed by atoms with Gasteiger partial charge in [-0.1, -0.05) is 36.4 Å². The molecular weight excluding hydrogens is 334 g/mol. The van der Waals surface area contributed by atoms with Crippen LogP contribution in [-0.4, -0.2) is 19.6 Å². The van der Waals surface area contributed by atoms with Crippen molar-refractivity contribution < 1.29 is 0 Å². The predicted octanol–water partition coefficient (Wildman–Crippen LogP) is 4.59. The molecule has 27 heavy (non-hydrogen) atoms. The van der Waals surface area contributed by atoms with Gasteiger partial charge in [0, 0.05) is 23.5 Å². The van der Waals surface area contributed by atoms with Gasteiger partial charge in [0.15, 0.2) is 0 Å². The van der Waals surface area contributed by atoms with Crippen LogP contribution in [0.15, 0.2) is 54.9 Å². The summed E-state index contributed by atoms with van der Waals surface area (Å²) in [5, 5.41) is 11.8. The summed E-state index contributed by atoms with van der Waals surface area (Å²) in [6, 6.07) is 14.9. The topological polar surface area (TPSA) is 38.9 Å². The normalized spacial score (nSPS) is 11.3. The van der Waals surface area contributed by atoms with Crippen LogP contribution in [0.3, 0.4) is 0 Å². The molecule has 2 aromatic heterocycles. The maximum absolute atomic E-state index is 4.67. The van der Waals surface area contributed by atoms with Crippen LogP contribution in [0, 0.1) is 27.7 Å². The number of anilines is 1. The SMILES string of the molecule is Cc1cn(CN(Cn2cc(C)c(C)n2)c2cccc3ccccc23)nc1C. The number of fused-ring (bicyclic) bond motifs is 1. The van der Waals surface area contributed by atoms with Crippen molar-refractivity contribution in [2.75, 3.05) is 4.90 Å². The standard InChI is InChI=1S/C22H25N5/c1-16-12-26(23-18(16)3)14-25(15-27-13-17(2)19(4)24-27)22-11-7-9-20-8-5-6-10-21(20)22/h5-13H,14-15H2,1-4H3. The molecule has 0 aliphatic heterocycles. The van der Waals surface area contributed by atoms with Crippen molar-refractivity contribution in [1.29, 1.82) is 0 Å². The van der Waals surface area contributed by atoms with Gasteiger partial charge in [0.05, 0.1) is 11.4 Å². The molecule has 0 unspecified atom stereocenters. The summed E-state index contributed by atoms with van der Waals surface area (Å²) in [5.41, 5.74) is 5.74. The van der Waals surface area contributed by atoms with Crippen molar-refractivity contribution in [1.82, 2.24) is 19.6 Å². The van der Waals surface area contributed by atoms with Crippen molar-refractivity contribution >= 4 is 16.5 Å². The number of hydrogen-bond donors (Lipinski definition) is 0. The minimum absolute atomic E-state index is 0.667. The summed E-state index contributed by atoms with van der Waals surface area (Å²) >= 11 is 0.